The molecular formula is C19H21BrO. The average molecular weight is 345 g/mol. The first-order valence-corrected chi connectivity index (χ1v) is 8.60. The van der Waals surface area contributed by atoms with Crippen molar-refractivity contribution in [2.75, 3.05) is 6.61 Å². The number of benzene rings is 2. The number of halogens is 1. The second kappa shape index (κ2) is 7.13. The van der Waals surface area contributed by atoms with Crippen LogP contribution in [0.2, 0.25) is 0 Å². The van der Waals surface area contributed by atoms with Gasteiger partial charge >= 0.3 is 0 Å². The summed E-state index contributed by atoms with van der Waals surface area (Å²) in [6.45, 7) is 0.849. The molecule has 110 valence electrons. The maximum Gasteiger partial charge on any atom is 0.127 e. The van der Waals surface area contributed by atoms with Crippen LogP contribution in [0.3, 0.4) is 0 Å². The van der Waals surface area contributed by atoms with Crippen LogP contribution < -0.4 is 4.74 Å². The van der Waals surface area contributed by atoms with Gasteiger partial charge in [0.2, 0.25) is 0 Å². The van der Waals surface area contributed by atoms with E-state index in [0.717, 1.165) is 22.7 Å². The predicted octanol–water partition coefficient (Wildman–Crippen LogP) is 6.08. The number of hydrogen-bond donors (Lipinski definition) is 0. The minimum Gasteiger partial charge on any atom is -0.493 e. The third kappa shape index (κ3) is 3.68. The minimum atomic E-state index is 0.728. The standard InChI is InChI=1S/C19H21BrO/c20-18-12-6-4-10-16(18)17-11-5-7-13-19(17)21-14-15-8-2-1-3-9-15/h4-7,10-13,15H,1-3,8-9,14H2. The highest BCUT2D eigenvalue weighted by atomic mass is 79.9. The van der Waals surface area contributed by atoms with Crippen molar-refractivity contribution in [2.24, 2.45) is 5.92 Å². The van der Waals surface area contributed by atoms with Gasteiger partial charge in [0.25, 0.3) is 0 Å². The lowest BCUT2D eigenvalue weighted by Crippen LogP contribution is -2.15. The van der Waals surface area contributed by atoms with Gasteiger partial charge in [-0.3, -0.25) is 0 Å². The van der Waals surface area contributed by atoms with Gasteiger partial charge in [0.15, 0.2) is 0 Å². The zero-order chi connectivity index (χ0) is 14.5. The molecule has 21 heavy (non-hydrogen) atoms. The molecule has 2 aromatic carbocycles. The van der Waals surface area contributed by atoms with Gasteiger partial charge in [-0.1, -0.05) is 71.6 Å². The van der Waals surface area contributed by atoms with Gasteiger partial charge in [-0.25, -0.2) is 0 Å². The number of para-hydroxylation sites is 1. The molecule has 1 aliphatic carbocycles. The molecule has 0 bridgehead atoms. The maximum atomic E-state index is 6.17. The molecule has 2 aromatic rings. The van der Waals surface area contributed by atoms with Crippen molar-refractivity contribution in [3.63, 3.8) is 0 Å². The van der Waals surface area contributed by atoms with Crippen LogP contribution in [0, 0.1) is 5.92 Å². The van der Waals surface area contributed by atoms with Gasteiger partial charge in [0.05, 0.1) is 6.61 Å². The molecule has 3 rings (SSSR count). The number of hydrogen-bond acceptors (Lipinski definition) is 1. The minimum absolute atomic E-state index is 0.728. The Kier molecular flexibility index (Phi) is 4.97. The molecular weight excluding hydrogens is 324 g/mol. The van der Waals surface area contributed by atoms with Crippen molar-refractivity contribution in [3.8, 4) is 16.9 Å². The van der Waals surface area contributed by atoms with Crippen LogP contribution in [0.25, 0.3) is 11.1 Å². The summed E-state index contributed by atoms with van der Waals surface area (Å²) in [6.07, 6.45) is 6.75. The van der Waals surface area contributed by atoms with Gasteiger partial charge in [-0.2, -0.15) is 0 Å². The summed E-state index contributed by atoms with van der Waals surface area (Å²) in [5.74, 6) is 1.72. The Labute approximate surface area is 135 Å². The highest BCUT2D eigenvalue weighted by molar-refractivity contribution is 9.10. The lowest BCUT2D eigenvalue weighted by molar-refractivity contribution is 0.209. The SMILES string of the molecule is Brc1ccccc1-c1ccccc1OCC1CCCCC1. The summed E-state index contributed by atoms with van der Waals surface area (Å²) in [4.78, 5) is 0. The lowest BCUT2D eigenvalue weighted by Gasteiger charge is -2.22. The molecule has 0 aromatic heterocycles. The molecule has 1 aliphatic rings. The van der Waals surface area contributed by atoms with E-state index < -0.39 is 0 Å². The van der Waals surface area contributed by atoms with Crippen LogP contribution in [-0.2, 0) is 0 Å². The summed E-state index contributed by atoms with van der Waals surface area (Å²) < 4.78 is 7.28. The molecule has 0 heterocycles. The van der Waals surface area contributed by atoms with Crippen LogP contribution in [0.15, 0.2) is 53.0 Å². The molecule has 0 radical (unpaired) electrons. The maximum absolute atomic E-state index is 6.17. The fourth-order valence-electron chi connectivity index (χ4n) is 3.06. The van der Waals surface area contributed by atoms with E-state index in [0.29, 0.717) is 0 Å². The molecule has 1 saturated carbocycles. The zero-order valence-electron chi connectivity index (χ0n) is 12.2. The lowest BCUT2D eigenvalue weighted by atomic mass is 9.90. The van der Waals surface area contributed by atoms with Crippen LogP contribution >= 0.6 is 15.9 Å². The predicted molar refractivity (Wildman–Crippen MR) is 91.6 cm³/mol. The van der Waals surface area contributed by atoms with E-state index in [4.69, 9.17) is 4.74 Å². The van der Waals surface area contributed by atoms with E-state index in [2.05, 4.69) is 58.4 Å². The molecule has 0 atom stereocenters. The highest BCUT2D eigenvalue weighted by Gasteiger charge is 2.15. The highest BCUT2D eigenvalue weighted by Crippen LogP contribution is 2.35. The smallest absolute Gasteiger partial charge is 0.127 e. The molecule has 0 amide bonds. The van der Waals surface area contributed by atoms with E-state index >= 15 is 0 Å². The Morgan fingerprint density at radius 3 is 2.29 bits per heavy atom. The summed E-state index contributed by atoms with van der Waals surface area (Å²) in [7, 11) is 0. The molecule has 0 spiro atoms. The van der Waals surface area contributed by atoms with Crippen molar-refractivity contribution < 1.29 is 4.74 Å². The monoisotopic (exact) mass is 344 g/mol. The van der Waals surface area contributed by atoms with Gasteiger partial charge < -0.3 is 4.74 Å². The second-order valence-corrected chi connectivity index (χ2v) is 6.65. The number of rotatable bonds is 4. The van der Waals surface area contributed by atoms with Gasteiger partial charge in [-0.05, 0) is 36.5 Å². The Morgan fingerprint density at radius 2 is 1.52 bits per heavy atom. The van der Waals surface area contributed by atoms with E-state index in [1.54, 1.807) is 0 Å². The first kappa shape index (κ1) is 14.6. The fourth-order valence-corrected chi connectivity index (χ4v) is 3.55. The second-order valence-electron chi connectivity index (χ2n) is 5.79. The number of ether oxygens (including phenoxy) is 1. The molecule has 0 unspecified atom stereocenters. The van der Waals surface area contributed by atoms with Crippen molar-refractivity contribution in [2.45, 2.75) is 32.1 Å². The van der Waals surface area contributed by atoms with Crippen molar-refractivity contribution in [1.82, 2.24) is 0 Å². The van der Waals surface area contributed by atoms with E-state index in [1.807, 2.05) is 6.07 Å². The topological polar surface area (TPSA) is 9.23 Å². The van der Waals surface area contributed by atoms with Crippen molar-refractivity contribution in [3.05, 3.63) is 53.0 Å². The van der Waals surface area contributed by atoms with Crippen LogP contribution in [0.4, 0.5) is 0 Å². The Morgan fingerprint density at radius 1 is 0.857 bits per heavy atom. The first-order chi connectivity index (χ1) is 10.3. The fraction of sp³-hybridized carbons (Fsp3) is 0.368. The van der Waals surface area contributed by atoms with Crippen molar-refractivity contribution >= 4 is 15.9 Å². The van der Waals surface area contributed by atoms with E-state index in [1.165, 1.54) is 43.2 Å². The molecule has 2 heteroatoms. The summed E-state index contributed by atoms with van der Waals surface area (Å²) in [5, 5.41) is 0. The normalized spacial score (nSPS) is 15.9. The van der Waals surface area contributed by atoms with Crippen molar-refractivity contribution in [1.29, 1.82) is 0 Å². The van der Waals surface area contributed by atoms with Gasteiger partial charge in [0.1, 0.15) is 5.75 Å². The third-order valence-corrected chi connectivity index (χ3v) is 4.94. The van der Waals surface area contributed by atoms with Crippen LogP contribution in [-0.4, -0.2) is 6.61 Å². The Balaban J connectivity index is 1.78. The average Bonchev–Trinajstić information content (AvgIpc) is 2.55. The molecule has 0 saturated heterocycles. The van der Waals surface area contributed by atoms with E-state index in [-0.39, 0.29) is 0 Å². The third-order valence-electron chi connectivity index (χ3n) is 4.25. The summed E-state index contributed by atoms with van der Waals surface area (Å²) in [6, 6.07) is 16.7. The summed E-state index contributed by atoms with van der Waals surface area (Å²) in [5.41, 5.74) is 2.36. The quantitative estimate of drug-likeness (QED) is 0.653. The Hall–Kier alpha value is -1.28. The first-order valence-electron chi connectivity index (χ1n) is 7.81. The Bertz CT molecular complexity index is 588. The zero-order valence-corrected chi connectivity index (χ0v) is 13.8. The summed E-state index contributed by atoms with van der Waals surface area (Å²) >= 11 is 3.64. The van der Waals surface area contributed by atoms with Crippen LogP contribution in [0.5, 0.6) is 5.75 Å². The molecule has 0 aliphatic heterocycles. The molecule has 1 fully saturated rings. The van der Waals surface area contributed by atoms with Gasteiger partial charge in [-0.15, -0.1) is 0 Å². The molecule has 1 nitrogen and oxygen atoms in total. The largest absolute Gasteiger partial charge is 0.493 e. The molecule has 0 N–H and O–H groups in total. The van der Waals surface area contributed by atoms with Crippen LogP contribution in [0.1, 0.15) is 32.1 Å². The van der Waals surface area contributed by atoms with E-state index in [9.17, 15) is 0 Å². The van der Waals surface area contributed by atoms with Gasteiger partial charge in [0, 0.05) is 10.0 Å².